The summed E-state index contributed by atoms with van der Waals surface area (Å²) in [5.41, 5.74) is 13.3. The van der Waals surface area contributed by atoms with Gasteiger partial charge in [-0.2, -0.15) is 12.6 Å². The van der Waals surface area contributed by atoms with Gasteiger partial charge in [0.15, 0.2) is 0 Å². The van der Waals surface area contributed by atoms with Gasteiger partial charge in [-0.25, -0.2) is 4.79 Å². The maximum absolute atomic E-state index is 12.5. The highest BCUT2D eigenvalue weighted by Crippen LogP contribution is 2.18. The lowest BCUT2D eigenvalue weighted by Gasteiger charge is -2.21. The average Bonchev–Trinajstić information content (AvgIpc) is 3.13. The van der Waals surface area contributed by atoms with Crippen molar-refractivity contribution in [1.29, 1.82) is 0 Å². The number of benzene rings is 1. The molecule has 2 rings (SSSR count). The number of aromatic nitrogens is 1. The van der Waals surface area contributed by atoms with Crippen LogP contribution in [0.4, 0.5) is 0 Å². The molecule has 0 spiro atoms. The van der Waals surface area contributed by atoms with E-state index < -0.39 is 35.9 Å². The second-order valence-electron chi connectivity index (χ2n) is 7.10. The fraction of sp³-hybridized carbons (Fsp3) is 0.450. The van der Waals surface area contributed by atoms with Crippen LogP contribution in [0.25, 0.3) is 10.9 Å². The highest BCUT2D eigenvalue weighted by molar-refractivity contribution is 7.80. The van der Waals surface area contributed by atoms with Crippen molar-refractivity contribution in [2.75, 3.05) is 12.3 Å². The molecule has 164 valence electrons. The zero-order chi connectivity index (χ0) is 22.1. The maximum atomic E-state index is 12.5. The predicted octanol–water partition coefficient (Wildman–Crippen LogP) is 0.151. The van der Waals surface area contributed by atoms with E-state index in [0.29, 0.717) is 19.4 Å². The normalized spacial score (nSPS) is 14.1. The Balaban J connectivity index is 1.95. The Bertz CT molecular complexity index is 872. The van der Waals surface area contributed by atoms with Crippen molar-refractivity contribution in [3.63, 3.8) is 0 Å². The molecule has 3 atom stereocenters. The quantitative estimate of drug-likeness (QED) is 0.185. The summed E-state index contributed by atoms with van der Waals surface area (Å²) in [6.45, 7) is 0.448. The number of nitrogens with two attached hydrogens (primary N) is 2. The number of para-hydroxylation sites is 1. The molecule has 1 aromatic carbocycles. The molecule has 1 heterocycles. The summed E-state index contributed by atoms with van der Waals surface area (Å²) in [6, 6.07) is 4.75. The Hall–Kier alpha value is -2.56. The third kappa shape index (κ3) is 6.48. The zero-order valence-corrected chi connectivity index (χ0v) is 17.5. The molecule has 0 fully saturated rings. The van der Waals surface area contributed by atoms with Gasteiger partial charge in [0.05, 0.1) is 6.04 Å². The molecule has 0 bridgehead atoms. The van der Waals surface area contributed by atoms with Crippen LogP contribution in [0.5, 0.6) is 0 Å². The Morgan fingerprint density at radius 1 is 1.10 bits per heavy atom. The molecule has 0 saturated carbocycles. The minimum absolute atomic E-state index is 0.00647. The Labute approximate surface area is 180 Å². The van der Waals surface area contributed by atoms with E-state index in [-0.39, 0.29) is 18.6 Å². The Kier molecular flexibility index (Phi) is 9.15. The van der Waals surface area contributed by atoms with E-state index in [1.807, 2.05) is 24.3 Å². The molecule has 0 radical (unpaired) electrons. The van der Waals surface area contributed by atoms with Crippen molar-refractivity contribution in [1.82, 2.24) is 15.6 Å². The molecule has 9 nitrogen and oxygen atoms in total. The highest BCUT2D eigenvalue weighted by Gasteiger charge is 2.27. The second kappa shape index (κ2) is 11.6. The van der Waals surface area contributed by atoms with Crippen molar-refractivity contribution in [2.45, 2.75) is 43.8 Å². The van der Waals surface area contributed by atoms with Crippen LogP contribution in [-0.2, 0) is 20.8 Å². The van der Waals surface area contributed by atoms with Crippen LogP contribution < -0.4 is 22.1 Å². The summed E-state index contributed by atoms with van der Waals surface area (Å²) in [7, 11) is 0. The first kappa shape index (κ1) is 23.7. The number of nitrogens with one attached hydrogen (secondary N) is 3. The predicted molar refractivity (Wildman–Crippen MR) is 118 cm³/mol. The number of amides is 2. The van der Waals surface area contributed by atoms with E-state index in [4.69, 9.17) is 11.5 Å². The lowest BCUT2D eigenvalue weighted by molar-refractivity contribution is -0.142. The summed E-state index contributed by atoms with van der Waals surface area (Å²) in [6.07, 6.45) is 3.58. The number of fused-ring (bicyclic) bond motifs is 1. The Morgan fingerprint density at radius 2 is 1.80 bits per heavy atom. The smallest absolute Gasteiger partial charge is 0.326 e. The lowest BCUT2D eigenvalue weighted by Crippen LogP contribution is -2.55. The molecule has 2 aromatic rings. The molecule has 2 amide bonds. The minimum Gasteiger partial charge on any atom is -0.480 e. The third-order valence-electron chi connectivity index (χ3n) is 4.83. The summed E-state index contributed by atoms with van der Waals surface area (Å²) in [5, 5.41) is 15.3. The van der Waals surface area contributed by atoms with Gasteiger partial charge in [-0.15, -0.1) is 0 Å². The fourth-order valence-corrected chi connectivity index (χ4v) is 3.38. The molecule has 8 N–H and O–H groups in total. The molecule has 10 heteroatoms. The molecule has 1 aromatic heterocycles. The van der Waals surface area contributed by atoms with Crippen LogP contribution in [0.15, 0.2) is 30.5 Å². The van der Waals surface area contributed by atoms with Crippen LogP contribution in [0, 0.1) is 0 Å². The van der Waals surface area contributed by atoms with E-state index in [1.165, 1.54) is 0 Å². The van der Waals surface area contributed by atoms with Crippen LogP contribution in [0.2, 0.25) is 0 Å². The van der Waals surface area contributed by atoms with Gasteiger partial charge in [0.1, 0.15) is 12.1 Å². The minimum atomic E-state index is -1.14. The van der Waals surface area contributed by atoms with E-state index >= 15 is 0 Å². The van der Waals surface area contributed by atoms with Gasteiger partial charge in [0.2, 0.25) is 11.8 Å². The lowest BCUT2D eigenvalue weighted by atomic mass is 10.0. The number of aliphatic carboxylic acids is 1. The average molecular weight is 436 g/mol. The number of carboxylic acids is 1. The first-order valence-corrected chi connectivity index (χ1v) is 10.5. The third-order valence-corrected chi connectivity index (χ3v) is 5.19. The van der Waals surface area contributed by atoms with Crippen molar-refractivity contribution in [2.24, 2.45) is 11.5 Å². The number of rotatable bonds is 12. The second-order valence-corrected chi connectivity index (χ2v) is 7.46. The summed E-state index contributed by atoms with van der Waals surface area (Å²) in [4.78, 5) is 39.5. The first-order valence-electron chi connectivity index (χ1n) is 9.82. The highest BCUT2D eigenvalue weighted by atomic mass is 32.1. The molecule has 0 aliphatic heterocycles. The number of hydrogen-bond donors (Lipinski definition) is 7. The van der Waals surface area contributed by atoms with Crippen LogP contribution in [-0.4, -0.2) is 58.3 Å². The topological polar surface area (TPSA) is 163 Å². The summed E-state index contributed by atoms with van der Waals surface area (Å²) in [5.74, 6) is -2.25. The van der Waals surface area contributed by atoms with E-state index in [0.717, 1.165) is 16.5 Å². The van der Waals surface area contributed by atoms with Crippen molar-refractivity contribution in [3.8, 4) is 0 Å². The van der Waals surface area contributed by atoms with Gasteiger partial charge in [0.25, 0.3) is 0 Å². The van der Waals surface area contributed by atoms with Gasteiger partial charge in [-0.1, -0.05) is 18.2 Å². The number of carboxylic acid groups (broad SMARTS) is 1. The SMILES string of the molecule is NCCCC[C@H](NC(=O)[C@H](CS)NC(=O)[C@@H](N)Cc1c[nH]c2ccccc12)C(=O)O. The number of carbonyl (C=O) groups excluding carboxylic acids is 2. The molecule has 0 aliphatic rings. The van der Waals surface area contributed by atoms with E-state index in [2.05, 4.69) is 28.2 Å². The van der Waals surface area contributed by atoms with Crippen LogP contribution >= 0.6 is 12.6 Å². The molecule has 0 saturated heterocycles. The Morgan fingerprint density at radius 3 is 2.47 bits per heavy atom. The molecular formula is C20H29N5O4S. The number of hydrogen-bond acceptors (Lipinski definition) is 6. The maximum Gasteiger partial charge on any atom is 0.326 e. The zero-order valence-electron chi connectivity index (χ0n) is 16.6. The van der Waals surface area contributed by atoms with Crippen molar-refractivity contribution in [3.05, 3.63) is 36.0 Å². The van der Waals surface area contributed by atoms with E-state index in [1.54, 1.807) is 6.20 Å². The standard InChI is InChI=1S/C20H29N5O4S/c21-8-4-3-7-16(20(28)29)24-19(27)17(11-30)25-18(26)14(22)9-12-10-23-15-6-2-1-5-13(12)15/h1-2,5-6,10,14,16-17,23,30H,3-4,7-9,11,21-22H2,(H,24,27)(H,25,26)(H,28,29)/t14-,16-,17-/m0/s1. The number of unbranched alkanes of at least 4 members (excludes halogenated alkanes) is 1. The first-order chi connectivity index (χ1) is 14.4. The molecule has 0 unspecified atom stereocenters. The van der Waals surface area contributed by atoms with Crippen molar-refractivity contribution < 1.29 is 19.5 Å². The van der Waals surface area contributed by atoms with Crippen LogP contribution in [0.1, 0.15) is 24.8 Å². The van der Waals surface area contributed by atoms with Gasteiger partial charge in [-0.05, 0) is 43.9 Å². The van der Waals surface area contributed by atoms with Crippen LogP contribution in [0.3, 0.4) is 0 Å². The molecular weight excluding hydrogens is 406 g/mol. The monoisotopic (exact) mass is 435 g/mol. The van der Waals surface area contributed by atoms with Gasteiger partial charge in [-0.3, -0.25) is 9.59 Å². The summed E-state index contributed by atoms with van der Waals surface area (Å²) >= 11 is 4.11. The molecule has 30 heavy (non-hydrogen) atoms. The number of thiol groups is 1. The number of aromatic amines is 1. The fourth-order valence-electron chi connectivity index (χ4n) is 3.13. The summed E-state index contributed by atoms with van der Waals surface area (Å²) < 4.78 is 0. The molecule has 0 aliphatic carbocycles. The number of H-pyrrole nitrogens is 1. The van der Waals surface area contributed by atoms with Gasteiger partial charge in [0, 0.05) is 22.9 Å². The van der Waals surface area contributed by atoms with E-state index in [9.17, 15) is 19.5 Å². The largest absolute Gasteiger partial charge is 0.480 e. The van der Waals surface area contributed by atoms with Gasteiger partial charge >= 0.3 is 5.97 Å². The van der Waals surface area contributed by atoms with Crippen molar-refractivity contribution >= 4 is 41.3 Å². The number of carbonyl (C=O) groups is 3. The van der Waals surface area contributed by atoms with Gasteiger partial charge < -0.3 is 32.2 Å².